The summed E-state index contributed by atoms with van der Waals surface area (Å²) in [7, 11) is 1.35. The number of hydrogen-bond acceptors (Lipinski definition) is 7. The Morgan fingerprint density at radius 3 is 2.44 bits per heavy atom. The summed E-state index contributed by atoms with van der Waals surface area (Å²) in [6.07, 6.45) is 5.41. The number of nitrogens with zero attached hydrogens (tertiary/aromatic N) is 3. The summed E-state index contributed by atoms with van der Waals surface area (Å²) in [6.45, 7) is 1.98. The van der Waals surface area contributed by atoms with Gasteiger partial charge in [-0.15, -0.1) is 0 Å². The molecule has 9 heteroatoms. The molecule has 2 aliphatic carbocycles. The minimum absolute atomic E-state index is 0.0667. The van der Waals surface area contributed by atoms with Gasteiger partial charge in [0.15, 0.2) is 0 Å². The largest absolute Gasteiger partial charge is 0.465 e. The molecule has 0 radical (unpaired) electrons. The van der Waals surface area contributed by atoms with Crippen molar-refractivity contribution < 1.29 is 27.6 Å². The first-order chi connectivity index (χ1) is 17.5. The number of halogens is 2. The molecule has 3 aromatic rings. The molecule has 0 unspecified atom stereocenters. The molecule has 1 aliphatic heterocycles. The summed E-state index contributed by atoms with van der Waals surface area (Å²) in [6, 6.07) is 7.40. The molecule has 7 nitrogen and oxygen atoms in total. The lowest BCUT2D eigenvalue weighted by molar-refractivity contribution is 0.0402. The molecular weight excluding hydrogens is 468 g/mol. The van der Waals surface area contributed by atoms with E-state index in [1.165, 1.54) is 25.3 Å². The Morgan fingerprint density at radius 1 is 1.11 bits per heavy atom. The molecule has 3 heterocycles. The zero-order chi connectivity index (χ0) is 24.8. The van der Waals surface area contributed by atoms with Crippen LogP contribution in [0.1, 0.15) is 53.3 Å². The monoisotopic (exact) mass is 495 g/mol. The third-order valence-corrected chi connectivity index (χ3v) is 7.63. The van der Waals surface area contributed by atoms with Crippen molar-refractivity contribution in [2.24, 2.45) is 11.8 Å². The van der Waals surface area contributed by atoms with Gasteiger partial charge in [-0.05, 0) is 61.8 Å². The van der Waals surface area contributed by atoms with Crippen LogP contribution in [0.3, 0.4) is 0 Å². The fourth-order valence-corrected chi connectivity index (χ4v) is 5.63. The van der Waals surface area contributed by atoms with Crippen LogP contribution in [0.5, 0.6) is 0 Å². The van der Waals surface area contributed by atoms with Gasteiger partial charge in [0.2, 0.25) is 0 Å². The Labute approximate surface area is 207 Å². The van der Waals surface area contributed by atoms with Gasteiger partial charge < -0.3 is 18.9 Å². The zero-order valence-electron chi connectivity index (χ0n) is 20.0. The Morgan fingerprint density at radius 2 is 1.83 bits per heavy atom. The van der Waals surface area contributed by atoms with E-state index in [2.05, 4.69) is 15.0 Å². The third-order valence-electron chi connectivity index (χ3n) is 7.63. The Bertz CT molecular complexity index is 1240. The molecule has 0 N–H and O–H groups in total. The standard InChI is InChI=1S/C27H27F2N3O4/c1-34-27(33)16-7-8-23(30-11-16)32-12-17-9-19(10-18(17)13-32)35-14-20-25(31-36-26(20)15-5-6-15)24-21(28)3-2-4-22(24)29/h2-4,7-8,11,15,17-19H,5-6,9-10,12-14H2,1H3/t17-,18+,19+. The number of fused-ring (bicyclic) bond motifs is 1. The lowest BCUT2D eigenvalue weighted by atomic mass is 10.0. The van der Waals surface area contributed by atoms with E-state index in [9.17, 15) is 13.6 Å². The minimum Gasteiger partial charge on any atom is -0.465 e. The zero-order valence-corrected chi connectivity index (χ0v) is 20.0. The molecule has 1 saturated heterocycles. The molecule has 36 heavy (non-hydrogen) atoms. The minimum atomic E-state index is -0.657. The average Bonchev–Trinajstić information content (AvgIpc) is 3.35. The van der Waals surface area contributed by atoms with Gasteiger partial charge in [0.1, 0.15) is 28.9 Å². The molecule has 2 aromatic heterocycles. The summed E-state index contributed by atoms with van der Waals surface area (Å²) >= 11 is 0. The molecule has 3 atom stereocenters. The van der Waals surface area contributed by atoms with Crippen molar-refractivity contribution in [3.05, 3.63) is 65.1 Å². The van der Waals surface area contributed by atoms with Crippen molar-refractivity contribution in [3.8, 4) is 11.3 Å². The highest BCUT2D eigenvalue weighted by atomic mass is 19.1. The Kier molecular flexibility index (Phi) is 5.95. The Balaban J connectivity index is 1.11. The molecular formula is C27H27F2N3O4. The number of carbonyl (C=O) groups excluding carboxylic acids is 1. The molecule has 188 valence electrons. The van der Waals surface area contributed by atoms with Gasteiger partial charge in [0.05, 0.1) is 30.9 Å². The quantitative estimate of drug-likeness (QED) is 0.422. The Hall–Kier alpha value is -3.33. The summed E-state index contributed by atoms with van der Waals surface area (Å²) in [5.41, 5.74) is 1.15. The van der Waals surface area contributed by atoms with Crippen LogP contribution in [0.25, 0.3) is 11.3 Å². The fourth-order valence-electron chi connectivity index (χ4n) is 5.63. The molecule has 2 saturated carbocycles. The highest BCUT2D eigenvalue weighted by molar-refractivity contribution is 5.89. The second-order valence-corrected chi connectivity index (χ2v) is 9.97. The molecule has 0 spiro atoms. The first-order valence-corrected chi connectivity index (χ1v) is 12.4. The van der Waals surface area contributed by atoms with E-state index in [1.807, 2.05) is 6.07 Å². The summed E-state index contributed by atoms with van der Waals surface area (Å²) < 4.78 is 45.6. The second-order valence-electron chi connectivity index (χ2n) is 9.97. The van der Waals surface area contributed by atoms with E-state index < -0.39 is 17.6 Å². The van der Waals surface area contributed by atoms with Crippen LogP contribution in [-0.4, -0.2) is 42.4 Å². The SMILES string of the molecule is COC(=O)c1ccc(N2C[C@H]3C[C@H](OCc4c(-c5c(F)cccc5F)noc4C4CC4)C[C@H]3C2)nc1. The first kappa shape index (κ1) is 23.1. The molecule has 0 bridgehead atoms. The maximum Gasteiger partial charge on any atom is 0.339 e. The van der Waals surface area contributed by atoms with Crippen molar-refractivity contribution in [1.82, 2.24) is 10.1 Å². The van der Waals surface area contributed by atoms with Gasteiger partial charge in [-0.25, -0.2) is 18.6 Å². The van der Waals surface area contributed by atoms with E-state index in [0.29, 0.717) is 28.7 Å². The predicted molar refractivity (Wildman–Crippen MR) is 126 cm³/mol. The topological polar surface area (TPSA) is 77.7 Å². The number of methoxy groups -OCH3 is 1. The first-order valence-electron chi connectivity index (χ1n) is 12.4. The van der Waals surface area contributed by atoms with Crippen LogP contribution < -0.4 is 4.90 Å². The average molecular weight is 496 g/mol. The summed E-state index contributed by atoms with van der Waals surface area (Å²) in [4.78, 5) is 18.3. The van der Waals surface area contributed by atoms with Crippen LogP contribution in [-0.2, 0) is 16.1 Å². The maximum atomic E-state index is 14.5. The van der Waals surface area contributed by atoms with Crippen LogP contribution >= 0.6 is 0 Å². The molecule has 1 aromatic carbocycles. The lowest BCUT2D eigenvalue weighted by Crippen LogP contribution is -2.24. The van der Waals surface area contributed by atoms with E-state index in [4.69, 9.17) is 14.0 Å². The van der Waals surface area contributed by atoms with Crippen LogP contribution in [0.2, 0.25) is 0 Å². The van der Waals surface area contributed by atoms with Gasteiger partial charge in [-0.3, -0.25) is 0 Å². The highest BCUT2D eigenvalue weighted by Gasteiger charge is 2.42. The number of esters is 1. The number of anilines is 1. The fraction of sp³-hybridized carbons (Fsp3) is 0.444. The number of rotatable bonds is 7. The summed E-state index contributed by atoms with van der Waals surface area (Å²) in [5.74, 6) is 1.03. The van der Waals surface area contributed by atoms with Gasteiger partial charge >= 0.3 is 5.97 Å². The van der Waals surface area contributed by atoms with Crippen LogP contribution in [0.4, 0.5) is 14.6 Å². The second kappa shape index (κ2) is 9.28. The van der Waals surface area contributed by atoms with Gasteiger partial charge in [-0.1, -0.05) is 11.2 Å². The molecule has 0 amide bonds. The van der Waals surface area contributed by atoms with Gasteiger partial charge in [0.25, 0.3) is 0 Å². The number of pyridine rings is 1. The van der Waals surface area contributed by atoms with E-state index in [-0.39, 0.29) is 29.9 Å². The van der Waals surface area contributed by atoms with Crippen molar-refractivity contribution in [3.63, 3.8) is 0 Å². The highest BCUT2D eigenvalue weighted by Crippen LogP contribution is 2.46. The van der Waals surface area contributed by atoms with E-state index in [0.717, 1.165) is 44.6 Å². The summed E-state index contributed by atoms with van der Waals surface area (Å²) in [5, 5.41) is 4.06. The number of aromatic nitrogens is 2. The number of ether oxygens (including phenoxy) is 2. The van der Waals surface area contributed by atoms with E-state index >= 15 is 0 Å². The van der Waals surface area contributed by atoms with E-state index in [1.54, 1.807) is 12.3 Å². The van der Waals surface area contributed by atoms with Crippen molar-refractivity contribution in [1.29, 1.82) is 0 Å². The lowest BCUT2D eigenvalue weighted by Gasteiger charge is -2.20. The number of hydrogen-bond donors (Lipinski definition) is 0. The van der Waals surface area contributed by atoms with Crippen LogP contribution in [0, 0.1) is 23.5 Å². The number of benzene rings is 1. The normalized spacial score (nSPS) is 23.2. The molecule has 3 aliphatic rings. The number of carbonyl (C=O) groups is 1. The maximum absolute atomic E-state index is 14.5. The van der Waals surface area contributed by atoms with Crippen molar-refractivity contribution >= 4 is 11.8 Å². The smallest absolute Gasteiger partial charge is 0.339 e. The predicted octanol–water partition coefficient (Wildman–Crippen LogP) is 5.11. The van der Waals surface area contributed by atoms with Crippen molar-refractivity contribution in [2.75, 3.05) is 25.1 Å². The van der Waals surface area contributed by atoms with Crippen LogP contribution in [0.15, 0.2) is 41.1 Å². The molecule has 3 fully saturated rings. The van der Waals surface area contributed by atoms with Gasteiger partial charge in [-0.2, -0.15) is 0 Å². The van der Waals surface area contributed by atoms with Gasteiger partial charge in [0, 0.05) is 30.8 Å². The molecule has 6 rings (SSSR count). The third kappa shape index (κ3) is 4.25. The van der Waals surface area contributed by atoms with Crippen molar-refractivity contribution in [2.45, 2.75) is 44.3 Å².